The Morgan fingerprint density at radius 3 is 2.36 bits per heavy atom. The number of anilines is 2. The summed E-state index contributed by atoms with van der Waals surface area (Å²) in [5.74, 6) is 0. The average Bonchev–Trinajstić information content (AvgIpc) is 2.70. The van der Waals surface area contributed by atoms with Crippen LogP contribution in [-0.4, -0.2) is 4.86 Å². The van der Waals surface area contributed by atoms with Gasteiger partial charge in [-0.1, -0.05) is 83.8 Å². The van der Waals surface area contributed by atoms with Crippen molar-refractivity contribution >= 4 is 56.0 Å². The predicted molar refractivity (Wildman–Crippen MR) is 129 cm³/mol. The van der Waals surface area contributed by atoms with Gasteiger partial charge in [-0.25, -0.2) is 0 Å². The molecule has 0 aromatic heterocycles. The molecular formula is C24H23BrClNS. The van der Waals surface area contributed by atoms with Crippen molar-refractivity contribution in [3.8, 4) is 0 Å². The second-order valence-corrected chi connectivity index (χ2v) is 8.50. The van der Waals surface area contributed by atoms with E-state index in [0.29, 0.717) is 5.02 Å². The molecule has 0 fully saturated rings. The summed E-state index contributed by atoms with van der Waals surface area (Å²) in [5, 5.41) is 4.04. The summed E-state index contributed by atoms with van der Waals surface area (Å²) in [6, 6.07) is 22.4. The summed E-state index contributed by atoms with van der Waals surface area (Å²) in [5.41, 5.74) is 5.27. The zero-order valence-electron chi connectivity index (χ0n) is 15.8. The van der Waals surface area contributed by atoms with Gasteiger partial charge in [0.1, 0.15) is 0 Å². The largest absolute Gasteiger partial charge is 0.355 e. The minimum atomic E-state index is 0.662. The van der Waals surface area contributed by atoms with Crippen LogP contribution in [-0.2, 0) is 6.42 Å². The van der Waals surface area contributed by atoms with Gasteiger partial charge >= 0.3 is 0 Å². The van der Waals surface area contributed by atoms with E-state index in [-0.39, 0.29) is 0 Å². The summed E-state index contributed by atoms with van der Waals surface area (Å²) in [6.45, 7) is 2.22. The smallest absolute Gasteiger partial charge is 0.0539 e. The van der Waals surface area contributed by atoms with Crippen LogP contribution in [0, 0.1) is 0 Å². The van der Waals surface area contributed by atoms with E-state index >= 15 is 0 Å². The van der Waals surface area contributed by atoms with E-state index in [9.17, 15) is 0 Å². The third kappa shape index (κ3) is 5.44. The van der Waals surface area contributed by atoms with E-state index in [2.05, 4.69) is 46.4 Å². The molecule has 0 aliphatic rings. The van der Waals surface area contributed by atoms with Gasteiger partial charge in [-0.2, -0.15) is 0 Å². The van der Waals surface area contributed by atoms with Gasteiger partial charge in [-0.05, 0) is 66.4 Å². The first-order chi connectivity index (χ1) is 13.6. The van der Waals surface area contributed by atoms with Gasteiger partial charge < -0.3 is 5.32 Å². The fourth-order valence-corrected chi connectivity index (χ4v) is 4.12. The summed E-state index contributed by atoms with van der Waals surface area (Å²) < 4.78 is 1.05. The summed E-state index contributed by atoms with van der Waals surface area (Å²) in [6.07, 6.45) is 4.68. The average molecular weight is 473 g/mol. The van der Waals surface area contributed by atoms with Crippen LogP contribution in [0.25, 0.3) is 0 Å². The van der Waals surface area contributed by atoms with Crippen LogP contribution in [0.5, 0.6) is 0 Å². The highest BCUT2D eigenvalue weighted by atomic mass is 79.9. The normalized spacial score (nSPS) is 10.7. The lowest BCUT2D eigenvalue weighted by Crippen LogP contribution is -2.05. The zero-order valence-corrected chi connectivity index (χ0v) is 19.0. The number of rotatable bonds is 8. The Labute approximate surface area is 186 Å². The number of aryl methyl sites for hydroxylation is 1. The van der Waals surface area contributed by atoms with Crippen molar-refractivity contribution in [1.82, 2.24) is 0 Å². The topological polar surface area (TPSA) is 12.0 Å². The lowest BCUT2D eigenvalue weighted by atomic mass is 9.96. The molecule has 144 valence electrons. The van der Waals surface area contributed by atoms with E-state index in [1.54, 1.807) is 0 Å². The second kappa shape index (κ2) is 10.2. The molecular weight excluding hydrogens is 450 g/mol. The third-order valence-corrected chi connectivity index (χ3v) is 5.94. The number of hydrogen-bond donors (Lipinski definition) is 1. The highest BCUT2D eigenvalue weighted by Gasteiger charge is 2.13. The molecule has 0 unspecified atom stereocenters. The Morgan fingerprint density at radius 1 is 0.929 bits per heavy atom. The van der Waals surface area contributed by atoms with Crippen LogP contribution >= 0.6 is 39.7 Å². The molecule has 0 aliphatic carbocycles. The fourth-order valence-electron chi connectivity index (χ4n) is 3.15. The van der Waals surface area contributed by atoms with Gasteiger partial charge in [0.05, 0.1) is 9.89 Å². The Hall–Kier alpha value is -1.68. The van der Waals surface area contributed by atoms with Crippen molar-refractivity contribution in [2.45, 2.75) is 32.6 Å². The Kier molecular flexibility index (Phi) is 7.66. The zero-order chi connectivity index (χ0) is 19.9. The van der Waals surface area contributed by atoms with Crippen molar-refractivity contribution in [2.75, 3.05) is 5.32 Å². The number of halogens is 2. The first-order valence-corrected chi connectivity index (χ1v) is 11.1. The molecule has 4 heteroatoms. The van der Waals surface area contributed by atoms with Crippen LogP contribution in [0.2, 0.25) is 5.02 Å². The first kappa shape index (κ1) is 21.0. The van der Waals surface area contributed by atoms with Gasteiger partial charge in [0, 0.05) is 21.4 Å². The Bertz CT molecular complexity index is 953. The predicted octanol–water partition coefficient (Wildman–Crippen LogP) is 8.35. The summed E-state index contributed by atoms with van der Waals surface area (Å²) >= 11 is 15.9. The number of thiocarbonyl (C=S) groups is 1. The van der Waals surface area contributed by atoms with E-state index in [1.165, 1.54) is 24.8 Å². The molecule has 0 saturated carbocycles. The molecule has 0 bridgehead atoms. The SMILES string of the molecule is CCCCCc1ccccc1C(=S)c1ccc(Nc2ccc(Br)cc2)cc1Cl. The van der Waals surface area contributed by atoms with Gasteiger partial charge in [0.25, 0.3) is 0 Å². The third-order valence-electron chi connectivity index (χ3n) is 4.66. The quantitative estimate of drug-likeness (QED) is 0.201. The molecule has 0 heterocycles. The van der Waals surface area contributed by atoms with E-state index in [0.717, 1.165) is 38.3 Å². The molecule has 0 aliphatic heterocycles. The minimum Gasteiger partial charge on any atom is -0.355 e. The number of hydrogen-bond acceptors (Lipinski definition) is 2. The highest BCUT2D eigenvalue weighted by molar-refractivity contribution is 9.10. The van der Waals surface area contributed by atoms with Crippen molar-refractivity contribution < 1.29 is 0 Å². The van der Waals surface area contributed by atoms with E-state index in [4.69, 9.17) is 23.8 Å². The lowest BCUT2D eigenvalue weighted by molar-refractivity contribution is 0.717. The van der Waals surface area contributed by atoms with E-state index in [1.807, 2.05) is 48.5 Å². The molecule has 3 aromatic rings. The maximum absolute atomic E-state index is 6.61. The molecule has 1 N–H and O–H groups in total. The van der Waals surface area contributed by atoms with Crippen LogP contribution in [0.4, 0.5) is 11.4 Å². The fraction of sp³-hybridized carbons (Fsp3) is 0.208. The molecule has 1 nitrogen and oxygen atoms in total. The number of nitrogens with one attached hydrogen (secondary N) is 1. The molecule has 0 saturated heterocycles. The first-order valence-electron chi connectivity index (χ1n) is 9.53. The molecule has 0 atom stereocenters. The lowest BCUT2D eigenvalue weighted by Gasteiger charge is -2.14. The number of benzene rings is 3. The van der Waals surface area contributed by atoms with Crippen molar-refractivity contribution in [1.29, 1.82) is 0 Å². The second-order valence-electron chi connectivity index (χ2n) is 6.77. The highest BCUT2D eigenvalue weighted by Crippen LogP contribution is 2.28. The van der Waals surface area contributed by atoms with Gasteiger partial charge in [0.15, 0.2) is 0 Å². The molecule has 3 aromatic carbocycles. The molecule has 0 spiro atoms. The van der Waals surface area contributed by atoms with Crippen molar-refractivity contribution in [2.24, 2.45) is 0 Å². The van der Waals surface area contributed by atoms with Gasteiger partial charge in [-0.15, -0.1) is 0 Å². The van der Waals surface area contributed by atoms with Crippen molar-refractivity contribution in [3.05, 3.63) is 92.9 Å². The summed E-state index contributed by atoms with van der Waals surface area (Å²) in [4.78, 5) is 0.812. The minimum absolute atomic E-state index is 0.662. The standard InChI is InChI=1S/C24H23BrClNS/c1-2-3-4-7-17-8-5-6-9-21(17)24(28)22-15-14-20(16-23(22)26)27-19-12-10-18(25)11-13-19/h5-6,8-16,27H,2-4,7H2,1H3. The maximum Gasteiger partial charge on any atom is 0.0539 e. The van der Waals surface area contributed by atoms with E-state index < -0.39 is 0 Å². The maximum atomic E-state index is 6.61. The van der Waals surface area contributed by atoms with Crippen LogP contribution in [0.1, 0.15) is 42.9 Å². The van der Waals surface area contributed by atoms with Gasteiger partial charge in [-0.3, -0.25) is 0 Å². The molecule has 0 radical (unpaired) electrons. The molecule has 3 rings (SSSR count). The molecule has 28 heavy (non-hydrogen) atoms. The van der Waals surface area contributed by atoms with Crippen LogP contribution in [0.3, 0.4) is 0 Å². The number of unbranched alkanes of at least 4 members (excludes halogenated alkanes) is 2. The molecule has 0 amide bonds. The van der Waals surface area contributed by atoms with Gasteiger partial charge in [0.2, 0.25) is 0 Å². The monoisotopic (exact) mass is 471 g/mol. The van der Waals surface area contributed by atoms with Crippen LogP contribution in [0.15, 0.2) is 71.2 Å². The summed E-state index contributed by atoms with van der Waals surface area (Å²) in [7, 11) is 0. The van der Waals surface area contributed by atoms with Crippen molar-refractivity contribution in [3.63, 3.8) is 0 Å². The Balaban J connectivity index is 1.80. The van der Waals surface area contributed by atoms with Crippen LogP contribution < -0.4 is 5.32 Å². The Morgan fingerprint density at radius 2 is 1.64 bits per heavy atom.